The monoisotopic (exact) mass is 310 g/mol. The SMILES string of the molecule is C/C(=C\C(C)(C)C)C(=O)N1CCC(NC(=O)OC(C)(C)C)C1. The van der Waals surface area contributed by atoms with Crippen LogP contribution in [0.3, 0.4) is 0 Å². The van der Waals surface area contributed by atoms with E-state index in [4.69, 9.17) is 4.74 Å². The zero-order valence-corrected chi connectivity index (χ0v) is 14.9. The first-order valence-corrected chi connectivity index (χ1v) is 7.86. The van der Waals surface area contributed by atoms with E-state index in [9.17, 15) is 9.59 Å². The van der Waals surface area contributed by atoms with Crippen LogP contribution in [0.25, 0.3) is 0 Å². The van der Waals surface area contributed by atoms with Gasteiger partial charge in [0.25, 0.3) is 0 Å². The zero-order valence-electron chi connectivity index (χ0n) is 14.9. The topological polar surface area (TPSA) is 58.6 Å². The highest BCUT2D eigenvalue weighted by molar-refractivity contribution is 5.93. The predicted octanol–water partition coefficient (Wildman–Crippen LogP) is 3.10. The van der Waals surface area contributed by atoms with E-state index in [-0.39, 0.29) is 17.4 Å². The summed E-state index contributed by atoms with van der Waals surface area (Å²) in [5.74, 6) is 0.0448. The molecule has 1 rings (SSSR count). The Kier molecular flexibility index (Phi) is 5.65. The fourth-order valence-corrected chi connectivity index (χ4v) is 2.50. The minimum atomic E-state index is -0.510. The summed E-state index contributed by atoms with van der Waals surface area (Å²) in [7, 11) is 0. The number of hydrogen-bond donors (Lipinski definition) is 1. The van der Waals surface area contributed by atoms with Crippen molar-refractivity contribution in [3.8, 4) is 0 Å². The highest BCUT2D eigenvalue weighted by Gasteiger charge is 2.29. The van der Waals surface area contributed by atoms with E-state index in [1.807, 2.05) is 33.8 Å². The van der Waals surface area contributed by atoms with Crippen molar-refractivity contribution in [1.29, 1.82) is 0 Å². The molecule has 0 aromatic heterocycles. The van der Waals surface area contributed by atoms with Gasteiger partial charge in [-0.15, -0.1) is 0 Å². The molecule has 1 aliphatic heterocycles. The molecule has 0 radical (unpaired) electrons. The first-order chi connectivity index (χ1) is 9.87. The number of carbonyl (C=O) groups excluding carboxylic acids is 2. The van der Waals surface area contributed by atoms with Crippen LogP contribution < -0.4 is 5.32 Å². The highest BCUT2D eigenvalue weighted by Crippen LogP contribution is 2.20. The van der Waals surface area contributed by atoms with Crippen LogP contribution in [0.5, 0.6) is 0 Å². The number of hydrogen-bond acceptors (Lipinski definition) is 3. The largest absolute Gasteiger partial charge is 0.444 e. The lowest BCUT2D eigenvalue weighted by Gasteiger charge is -2.22. The molecule has 1 unspecified atom stereocenters. The summed E-state index contributed by atoms with van der Waals surface area (Å²) in [6, 6.07) is -0.0405. The van der Waals surface area contributed by atoms with Gasteiger partial charge in [0.2, 0.25) is 5.91 Å². The molecule has 0 aromatic carbocycles. The van der Waals surface area contributed by atoms with Gasteiger partial charge in [0.05, 0.1) is 6.04 Å². The number of allylic oxidation sites excluding steroid dienone is 1. The Morgan fingerprint density at radius 2 is 1.77 bits per heavy atom. The Bertz CT molecular complexity index is 456. The average Bonchev–Trinajstić information content (AvgIpc) is 2.71. The van der Waals surface area contributed by atoms with Crippen molar-refractivity contribution in [2.75, 3.05) is 13.1 Å². The van der Waals surface area contributed by atoms with Crippen LogP contribution in [0.1, 0.15) is 54.9 Å². The smallest absolute Gasteiger partial charge is 0.407 e. The molecular weight excluding hydrogens is 280 g/mol. The van der Waals surface area contributed by atoms with Crippen molar-refractivity contribution in [2.24, 2.45) is 5.41 Å². The lowest BCUT2D eigenvalue weighted by molar-refractivity contribution is -0.126. The second-order valence-corrected chi connectivity index (χ2v) is 8.08. The number of rotatable bonds is 2. The van der Waals surface area contributed by atoms with E-state index in [1.165, 1.54) is 0 Å². The van der Waals surface area contributed by atoms with E-state index >= 15 is 0 Å². The third-order valence-corrected chi connectivity index (χ3v) is 3.18. The second-order valence-electron chi connectivity index (χ2n) is 8.08. The summed E-state index contributed by atoms with van der Waals surface area (Å²) in [6.45, 7) is 14.7. The van der Waals surface area contributed by atoms with Gasteiger partial charge in [0.15, 0.2) is 0 Å². The maximum absolute atomic E-state index is 12.4. The van der Waals surface area contributed by atoms with Gasteiger partial charge in [-0.3, -0.25) is 4.79 Å². The quantitative estimate of drug-likeness (QED) is 0.797. The molecule has 1 aliphatic rings. The highest BCUT2D eigenvalue weighted by atomic mass is 16.6. The summed E-state index contributed by atoms with van der Waals surface area (Å²) >= 11 is 0. The number of nitrogens with zero attached hydrogens (tertiary/aromatic N) is 1. The Balaban J connectivity index is 2.54. The summed E-state index contributed by atoms with van der Waals surface area (Å²) in [6.07, 6.45) is 2.33. The molecule has 0 aliphatic carbocycles. The fourth-order valence-electron chi connectivity index (χ4n) is 2.50. The van der Waals surface area contributed by atoms with Gasteiger partial charge in [-0.1, -0.05) is 26.8 Å². The van der Waals surface area contributed by atoms with Gasteiger partial charge < -0.3 is 15.0 Å². The first-order valence-electron chi connectivity index (χ1n) is 7.86. The molecule has 0 bridgehead atoms. The van der Waals surface area contributed by atoms with Crippen LogP contribution in [0.4, 0.5) is 4.79 Å². The fraction of sp³-hybridized carbons (Fsp3) is 0.765. The lowest BCUT2D eigenvalue weighted by Crippen LogP contribution is -2.41. The van der Waals surface area contributed by atoms with Crippen LogP contribution in [0.15, 0.2) is 11.6 Å². The molecule has 1 fully saturated rings. The number of carbonyl (C=O) groups is 2. The molecule has 1 saturated heterocycles. The van der Waals surface area contributed by atoms with Gasteiger partial charge in [-0.25, -0.2) is 4.79 Å². The molecule has 5 nitrogen and oxygen atoms in total. The Labute approximate surface area is 134 Å². The van der Waals surface area contributed by atoms with Gasteiger partial charge >= 0.3 is 6.09 Å². The van der Waals surface area contributed by atoms with Gasteiger partial charge in [-0.05, 0) is 39.5 Å². The number of nitrogens with one attached hydrogen (secondary N) is 1. The molecule has 22 heavy (non-hydrogen) atoms. The third-order valence-electron chi connectivity index (χ3n) is 3.18. The zero-order chi connectivity index (χ0) is 17.1. The van der Waals surface area contributed by atoms with Crippen LogP contribution >= 0.6 is 0 Å². The Morgan fingerprint density at radius 1 is 1.18 bits per heavy atom. The minimum Gasteiger partial charge on any atom is -0.444 e. The minimum absolute atomic E-state index is 0.0202. The summed E-state index contributed by atoms with van der Waals surface area (Å²) in [5, 5.41) is 2.83. The molecule has 0 aromatic rings. The van der Waals surface area contributed by atoms with Gasteiger partial charge in [0.1, 0.15) is 5.60 Å². The van der Waals surface area contributed by atoms with Crippen molar-refractivity contribution < 1.29 is 14.3 Å². The predicted molar refractivity (Wildman–Crippen MR) is 87.6 cm³/mol. The summed E-state index contributed by atoms with van der Waals surface area (Å²) in [5.41, 5.74) is 0.225. The molecule has 0 saturated carbocycles. The number of ether oxygens (including phenoxy) is 1. The maximum atomic E-state index is 12.4. The van der Waals surface area contributed by atoms with E-state index < -0.39 is 11.7 Å². The Morgan fingerprint density at radius 3 is 2.27 bits per heavy atom. The maximum Gasteiger partial charge on any atom is 0.407 e. The lowest BCUT2D eigenvalue weighted by atomic mass is 9.93. The van der Waals surface area contributed by atoms with Crippen molar-refractivity contribution in [3.63, 3.8) is 0 Å². The first kappa shape index (κ1) is 18.5. The van der Waals surface area contributed by atoms with Crippen LogP contribution in [0, 0.1) is 5.41 Å². The number of alkyl carbamates (subject to hydrolysis) is 1. The van der Waals surface area contributed by atoms with Crippen LogP contribution in [0.2, 0.25) is 0 Å². The van der Waals surface area contributed by atoms with Gasteiger partial charge in [-0.2, -0.15) is 0 Å². The van der Waals surface area contributed by atoms with Crippen LogP contribution in [-0.4, -0.2) is 41.6 Å². The average molecular weight is 310 g/mol. The normalized spacial score (nSPS) is 20.0. The van der Waals surface area contributed by atoms with Crippen molar-refractivity contribution in [3.05, 3.63) is 11.6 Å². The van der Waals surface area contributed by atoms with Crippen molar-refractivity contribution in [2.45, 2.75) is 66.5 Å². The second kappa shape index (κ2) is 6.71. The molecule has 1 atom stereocenters. The van der Waals surface area contributed by atoms with E-state index in [0.29, 0.717) is 13.1 Å². The summed E-state index contributed by atoms with van der Waals surface area (Å²) < 4.78 is 5.24. The van der Waals surface area contributed by atoms with Crippen molar-refractivity contribution in [1.82, 2.24) is 10.2 Å². The van der Waals surface area contributed by atoms with E-state index in [1.54, 1.807) is 4.90 Å². The van der Waals surface area contributed by atoms with Gasteiger partial charge in [0, 0.05) is 18.7 Å². The number of amides is 2. The van der Waals surface area contributed by atoms with E-state index in [0.717, 1.165) is 12.0 Å². The molecule has 5 heteroatoms. The Hall–Kier alpha value is -1.52. The molecule has 0 spiro atoms. The number of likely N-dealkylation sites (tertiary alicyclic amines) is 1. The van der Waals surface area contributed by atoms with Crippen molar-refractivity contribution >= 4 is 12.0 Å². The third kappa shape index (κ3) is 6.50. The molecule has 126 valence electrons. The van der Waals surface area contributed by atoms with E-state index in [2.05, 4.69) is 26.1 Å². The molecular formula is C17H30N2O3. The van der Waals surface area contributed by atoms with Crippen LogP contribution in [-0.2, 0) is 9.53 Å². The molecule has 2 amide bonds. The molecule has 1 heterocycles. The standard InChI is InChI=1S/C17H30N2O3/c1-12(10-16(2,3)4)14(20)19-9-8-13(11-19)18-15(21)22-17(5,6)7/h10,13H,8-9,11H2,1-7H3,(H,18,21)/b12-10+. The summed E-state index contributed by atoms with van der Waals surface area (Å²) in [4.78, 5) is 26.0. The molecule has 1 N–H and O–H groups in total.